The standard InChI is InChI=1S/C40H62ClN4O8P/c1-5-6-7-8-9-10-11-12-13-14-15-16-17-20-26-47-27-21-28-48-54(46,53-33-23-19-18-22-31(33)41)49-29-34-36-37(52-39(2,3)51-36)40(4,50-34)35-25-24-32-38(42)43-30-44-45(32)35/h18-19,22-25,30,34,36-37H,5-17,20-21,26-29H2,1-4H3,(H2,42,43,44)/t34-,36-,37-,40+,54?/m1/s1. The van der Waals surface area contributed by atoms with Crippen LogP contribution in [0.3, 0.4) is 0 Å². The van der Waals surface area contributed by atoms with E-state index in [0.717, 1.165) is 6.42 Å². The van der Waals surface area contributed by atoms with Crippen LogP contribution in [0, 0.1) is 0 Å². The summed E-state index contributed by atoms with van der Waals surface area (Å²) in [6.45, 7) is 8.95. The van der Waals surface area contributed by atoms with E-state index >= 15 is 0 Å². The Kier molecular flexibility index (Phi) is 16.5. The number of anilines is 1. The Labute approximate surface area is 326 Å². The number of ether oxygens (including phenoxy) is 4. The quantitative estimate of drug-likeness (QED) is 0.0614. The average molecular weight is 793 g/mol. The molecule has 3 aromatic rings. The molecule has 0 bridgehead atoms. The zero-order chi connectivity index (χ0) is 38.4. The molecule has 2 N–H and O–H groups in total. The fraction of sp³-hybridized carbons (Fsp3) is 0.700. The highest BCUT2D eigenvalue weighted by molar-refractivity contribution is 7.48. The number of nitrogen functional groups attached to an aromatic ring is 1. The molecule has 2 aliphatic heterocycles. The van der Waals surface area contributed by atoms with Crippen molar-refractivity contribution in [3.05, 3.63) is 53.4 Å². The van der Waals surface area contributed by atoms with E-state index in [4.69, 9.17) is 49.9 Å². The number of phosphoric acid groups is 1. The second-order valence-electron chi connectivity index (χ2n) is 15.1. The Morgan fingerprint density at radius 3 is 2.15 bits per heavy atom. The number of rotatable bonds is 26. The van der Waals surface area contributed by atoms with Crippen LogP contribution in [-0.4, -0.2) is 65.1 Å². The van der Waals surface area contributed by atoms with Gasteiger partial charge in [-0.25, -0.2) is 14.1 Å². The number of fused-ring (bicyclic) bond motifs is 2. The molecule has 0 amide bonds. The molecule has 2 saturated heterocycles. The molecule has 0 radical (unpaired) electrons. The molecular weight excluding hydrogens is 731 g/mol. The summed E-state index contributed by atoms with van der Waals surface area (Å²) in [4.78, 5) is 4.10. The van der Waals surface area contributed by atoms with Crippen molar-refractivity contribution in [1.82, 2.24) is 14.6 Å². The van der Waals surface area contributed by atoms with E-state index in [1.807, 2.05) is 32.9 Å². The average Bonchev–Trinajstić information content (AvgIpc) is 3.81. The summed E-state index contributed by atoms with van der Waals surface area (Å²) < 4.78 is 58.7. The Balaban J connectivity index is 1.06. The smallest absolute Gasteiger partial charge is 0.402 e. The molecule has 54 heavy (non-hydrogen) atoms. The van der Waals surface area contributed by atoms with E-state index in [1.165, 1.54) is 89.8 Å². The molecule has 5 atom stereocenters. The largest absolute Gasteiger partial charge is 0.530 e. The fourth-order valence-electron chi connectivity index (χ4n) is 7.33. The number of benzene rings is 1. The summed E-state index contributed by atoms with van der Waals surface area (Å²) >= 11 is 6.37. The molecule has 12 nitrogen and oxygen atoms in total. The van der Waals surface area contributed by atoms with Gasteiger partial charge in [-0.2, -0.15) is 5.10 Å². The van der Waals surface area contributed by atoms with Gasteiger partial charge in [0, 0.05) is 13.2 Å². The number of unbranched alkanes of at least 4 members (excludes halogenated alkanes) is 13. The first kappa shape index (κ1) is 42.9. The van der Waals surface area contributed by atoms with Crippen LogP contribution in [-0.2, 0) is 38.2 Å². The normalized spacial score (nSPS) is 23.2. The summed E-state index contributed by atoms with van der Waals surface area (Å²) in [5.41, 5.74) is 6.43. The lowest BCUT2D eigenvalue weighted by Crippen LogP contribution is -2.39. The molecule has 2 aliphatic rings. The van der Waals surface area contributed by atoms with Crippen molar-refractivity contribution in [3.63, 3.8) is 0 Å². The van der Waals surface area contributed by atoms with Crippen molar-refractivity contribution in [3.8, 4) is 5.75 Å². The highest BCUT2D eigenvalue weighted by atomic mass is 35.5. The maximum atomic E-state index is 14.2. The van der Waals surface area contributed by atoms with E-state index in [9.17, 15) is 4.57 Å². The lowest BCUT2D eigenvalue weighted by molar-refractivity contribution is -0.212. The fourth-order valence-corrected chi connectivity index (χ4v) is 8.82. The van der Waals surface area contributed by atoms with E-state index < -0.39 is 37.5 Å². The lowest BCUT2D eigenvalue weighted by atomic mass is 9.93. The van der Waals surface area contributed by atoms with Gasteiger partial charge in [0.1, 0.15) is 41.5 Å². The maximum Gasteiger partial charge on any atom is 0.530 e. The Morgan fingerprint density at radius 2 is 1.46 bits per heavy atom. The molecule has 2 aromatic heterocycles. The molecule has 4 heterocycles. The molecule has 1 unspecified atom stereocenters. The van der Waals surface area contributed by atoms with E-state index in [2.05, 4.69) is 17.0 Å². The first-order chi connectivity index (χ1) is 26.1. The highest BCUT2D eigenvalue weighted by Crippen LogP contribution is 2.54. The Hall–Kier alpha value is -2.28. The number of phosphoric ester groups is 1. The van der Waals surface area contributed by atoms with Crippen LogP contribution < -0.4 is 10.3 Å². The first-order valence-electron chi connectivity index (χ1n) is 20.1. The predicted molar refractivity (Wildman–Crippen MR) is 211 cm³/mol. The van der Waals surface area contributed by atoms with Crippen LogP contribution in [0.5, 0.6) is 5.75 Å². The summed E-state index contributed by atoms with van der Waals surface area (Å²) in [6, 6.07) is 10.5. The molecule has 302 valence electrons. The molecule has 1 aromatic carbocycles. The number of halogens is 1. The van der Waals surface area contributed by atoms with Crippen molar-refractivity contribution < 1.29 is 37.1 Å². The van der Waals surface area contributed by atoms with Crippen LogP contribution in [0.4, 0.5) is 5.82 Å². The van der Waals surface area contributed by atoms with Crippen molar-refractivity contribution in [2.45, 2.75) is 154 Å². The van der Waals surface area contributed by atoms with Gasteiger partial charge >= 0.3 is 7.82 Å². The number of nitrogens with zero attached hydrogens (tertiary/aromatic N) is 3. The molecule has 14 heteroatoms. The number of hydrogen-bond acceptors (Lipinski definition) is 11. The predicted octanol–water partition coefficient (Wildman–Crippen LogP) is 10.2. The minimum atomic E-state index is -4.19. The summed E-state index contributed by atoms with van der Waals surface area (Å²) in [7, 11) is -4.19. The van der Waals surface area contributed by atoms with Crippen molar-refractivity contribution >= 4 is 30.8 Å². The van der Waals surface area contributed by atoms with Gasteiger partial charge in [0.05, 0.1) is 23.9 Å². The topological polar surface area (TPSA) is 138 Å². The van der Waals surface area contributed by atoms with Gasteiger partial charge in [-0.3, -0.25) is 9.05 Å². The van der Waals surface area contributed by atoms with Gasteiger partial charge < -0.3 is 29.2 Å². The number of para-hydroxylation sites is 1. The maximum absolute atomic E-state index is 14.2. The van der Waals surface area contributed by atoms with Crippen LogP contribution in [0.1, 0.15) is 130 Å². The Morgan fingerprint density at radius 1 is 0.815 bits per heavy atom. The van der Waals surface area contributed by atoms with E-state index in [-0.39, 0.29) is 24.0 Å². The third kappa shape index (κ3) is 11.9. The molecule has 0 saturated carbocycles. The summed E-state index contributed by atoms with van der Waals surface area (Å²) in [5, 5.41) is 4.70. The van der Waals surface area contributed by atoms with Gasteiger partial charge in [-0.05, 0) is 57.9 Å². The second kappa shape index (κ2) is 20.8. The first-order valence-corrected chi connectivity index (χ1v) is 21.9. The monoisotopic (exact) mass is 792 g/mol. The van der Waals surface area contributed by atoms with Crippen LogP contribution in [0.15, 0.2) is 42.7 Å². The number of nitrogens with two attached hydrogens (primary N) is 1. The van der Waals surface area contributed by atoms with Crippen molar-refractivity contribution in [2.24, 2.45) is 0 Å². The molecule has 5 rings (SSSR count). The van der Waals surface area contributed by atoms with Gasteiger partial charge in [0.25, 0.3) is 0 Å². The Bertz CT molecular complexity index is 1630. The molecular formula is C40H62ClN4O8P. The SMILES string of the molecule is CCCCCCCCCCCCCCCCOCCCOP(=O)(OC[C@H]1O[C@@](C)(c2ccc3c(N)ncnn23)[C@@H]2OC(C)(C)O[C@@H]21)Oc1ccccc1Cl. The summed E-state index contributed by atoms with van der Waals surface area (Å²) in [5.74, 6) is -0.376. The molecule has 2 fully saturated rings. The number of aromatic nitrogens is 3. The molecule has 0 aliphatic carbocycles. The zero-order valence-electron chi connectivity index (χ0n) is 32.7. The van der Waals surface area contributed by atoms with Gasteiger partial charge in [0.2, 0.25) is 0 Å². The third-order valence-corrected chi connectivity index (χ3v) is 11.9. The van der Waals surface area contributed by atoms with Crippen molar-refractivity contribution in [1.29, 1.82) is 0 Å². The minimum Gasteiger partial charge on any atom is -0.402 e. The summed E-state index contributed by atoms with van der Waals surface area (Å²) in [6.07, 6.45) is 18.6. The third-order valence-electron chi connectivity index (χ3n) is 10.2. The van der Waals surface area contributed by atoms with Gasteiger partial charge in [0.15, 0.2) is 11.6 Å². The van der Waals surface area contributed by atoms with Gasteiger partial charge in [-0.1, -0.05) is 114 Å². The zero-order valence-corrected chi connectivity index (χ0v) is 34.4. The second-order valence-corrected chi connectivity index (χ2v) is 17.1. The van der Waals surface area contributed by atoms with Gasteiger partial charge in [-0.15, -0.1) is 0 Å². The van der Waals surface area contributed by atoms with E-state index in [1.54, 1.807) is 28.8 Å². The van der Waals surface area contributed by atoms with E-state index in [0.29, 0.717) is 36.7 Å². The number of hydrogen-bond donors (Lipinski definition) is 1. The van der Waals surface area contributed by atoms with Crippen LogP contribution in [0.25, 0.3) is 5.52 Å². The van der Waals surface area contributed by atoms with Crippen molar-refractivity contribution in [2.75, 3.05) is 32.2 Å². The minimum absolute atomic E-state index is 0.0969. The van der Waals surface area contributed by atoms with Crippen LogP contribution >= 0.6 is 19.4 Å². The highest BCUT2D eigenvalue weighted by Gasteiger charge is 2.62. The molecule has 0 spiro atoms. The van der Waals surface area contributed by atoms with Crippen LogP contribution in [0.2, 0.25) is 5.02 Å². The lowest BCUT2D eigenvalue weighted by Gasteiger charge is -2.31.